The third kappa shape index (κ3) is 3.89. The number of anilines is 1. The van der Waals surface area contributed by atoms with E-state index in [1.807, 2.05) is 0 Å². The van der Waals surface area contributed by atoms with E-state index in [-0.39, 0.29) is 0 Å². The predicted molar refractivity (Wildman–Crippen MR) is 82.0 cm³/mol. The molecule has 1 fully saturated rings. The SMILES string of the molecule is CCC1CCCC(Nc2ccc(OC)c(C)c2)CC1. The molecule has 1 saturated carbocycles. The molecule has 2 atom stereocenters. The molecule has 0 aliphatic heterocycles. The molecule has 2 heteroatoms. The Bertz CT molecular complexity index is 402. The van der Waals surface area contributed by atoms with E-state index in [2.05, 4.69) is 37.4 Å². The first-order valence-electron chi connectivity index (χ1n) is 7.64. The van der Waals surface area contributed by atoms with Crippen LogP contribution >= 0.6 is 0 Å². The molecule has 0 heterocycles. The van der Waals surface area contributed by atoms with Gasteiger partial charge in [0, 0.05) is 11.7 Å². The first-order chi connectivity index (χ1) is 9.22. The Morgan fingerprint density at radius 2 is 2.05 bits per heavy atom. The average Bonchev–Trinajstić information content (AvgIpc) is 2.64. The smallest absolute Gasteiger partial charge is 0.121 e. The summed E-state index contributed by atoms with van der Waals surface area (Å²) in [6.45, 7) is 4.43. The van der Waals surface area contributed by atoms with Gasteiger partial charge in [-0.3, -0.25) is 0 Å². The molecule has 0 spiro atoms. The molecule has 1 N–H and O–H groups in total. The summed E-state index contributed by atoms with van der Waals surface area (Å²) in [5.74, 6) is 1.92. The van der Waals surface area contributed by atoms with Crippen molar-refractivity contribution in [2.75, 3.05) is 12.4 Å². The molecule has 0 radical (unpaired) electrons. The van der Waals surface area contributed by atoms with Gasteiger partial charge in [-0.2, -0.15) is 0 Å². The van der Waals surface area contributed by atoms with Crippen molar-refractivity contribution in [3.05, 3.63) is 23.8 Å². The maximum atomic E-state index is 5.31. The lowest BCUT2D eigenvalue weighted by atomic mass is 9.98. The zero-order valence-corrected chi connectivity index (χ0v) is 12.5. The Labute approximate surface area is 117 Å². The molecule has 2 unspecified atom stereocenters. The van der Waals surface area contributed by atoms with E-state index in [0.29, 0.717) is 6.04 Å². The summed E-state index contributed by atoms with van der Waals surface area (Å²) in [6.07, 6.45) is 8.12. The van der Waals surface area contributed by atoms with Crippen molar-refractivity contribution in [1.29, 1.82) is 0 Å². The summed E-state index contributed by atoms with van der Waals surface area (Å²) < 4.78 is 5.31. The summed E-state index contributed by atoms with van der Waals surface area (Å²) in [4.78, 5) is 0. The average molecular weight is 261 g/mol. The number of methoxy groups -OCH3 is 1. The predicted octanol–water partition coefficient (Wildman–Crippen LogP) is 4.77. The number of hydrogen-bond acceptors (Lipinski definition) is 2. The molecule has 1 aliphatic rings. The highest BCUT2D eigenvalue weighted by Crippen LogP contribution is 2.28. The fraction of sp³-hybridized carbons (Fsp3) is 0.647. The molecule has 19 heavy (non-hydrogen) atoms. The standard InChI is InChI=1S/C17H27NO/c1-4-14-6-5-7-15(9-8-14)18-16-10-11-17(19-3)13(2)12-16/h10-12,14-15,18H,4-9H2,1-3H3. The van der Waals surface area contributed by atoms with Crippen LogP contribution in [0.3, 0.4) is 0 Å². The van der Waals surface area contributed by atoms with Gasteiger partial charge in [-0.05, 0) is 55.9 Å². The molecule has 0 saturated heterocycles. The van der Waals surface area contributed by atoms with Crippen molar-refractivity contribution in [3.8, 4) is 5.75 Å². The summed E-state index contributed by atoms with van der Waals surface area (Å²) >= 11 is 0. The second kappa shape index (κ2) is 6.83. The quantitative estimate of drug-likeness (QED) is 0.788. The van der Waals surface area contributed by atoms with Gasteiger partial charge < -0.3 is 10.1 Å². The third-order valence-corrected chi connectivity index (χ3v) is 4.43. The summed E-state index contributed by atoms with van der Waals surface area (Å²) in [5.41, 5.74) is 2.44. The Kier molecular flexibility index (Phi) is 5.12. The van der Waals surface area contributed by atoms with Gasteiger partial charge in [0.2, 0.25) is 0 Å². The van der Waals surface area contributed by atoms with E-state index in [1.54, 1.807) is 7.11 Å². The van der Waals surface area contributed by atoms with Crippen LogP contribution in [-0.4, -0.2) is 13.2 Å². The monoisotopic (exact) mass is 261 g/mol. The Hall–Kier alpha value is -1.18. The lowest BCUT2D eigenvalue weighted by Gasteiger charge is -2.19. The molecule has 0 aromatic heterocycles. The van der Waals surface area contributed by atoms with E-state index in [4.69, 9.17) is 4.74 Å². The molecule has 2 nitrogen and oxygen atoms in total. The van der Waals surface area contributed by atoms with Gasteiger partial charge in [0.05, 0.1) is 7.11 Å². The zero-order valence-electron chi connectivity index (χ0n) is 12.5. The number of rotatable bonds is 4. The Morgan fingerprint density at radius 1 is 1.21 bits per heavy atom. The molecule has 1 aliphatic carbocycles. The van der Waals surface area contributed by atoms with E-state index in [0.717, 1.165) is 11.7 Å². The summed E-state index contributed by atoms with van der Waals surface area (Å²) in [7, 11) is 1.73. The largest absolute Gasteiger partial charge is 0.496 e. The Morgan fingerprint density at radius 3 is 2.74 bits per heavy atom. The van der Waals surface area contributed by atoms with Crippen LogP contribution in [0, 0.1) is 12.8 Å². The highest BCUT2D eigenvalue weighted by atomic mass is 16.5. The second-order valence-corrected chi connectivity index (χ2v) is 5.81. The number of benzene rings is 1. The lowest BCUT2D eigenvalue weighted by molar-refractivity contribution is 0.411. The van der Waals surface area contributed by atoms with Crippen LogP contribution in [0.25, 0.3) is 0 Å². The third-order valence-electron chi connectivity index (χ3n) is 4.43. The van der Waals surface area contributed by atoms with E-state index < -0.39 is 0 Å². The van der Waals surface area contributed by atoms with Crippen LogP contribution in [-0.2, 0) is 0 Å². The summed E-state index contributed by atoms with van der Waals surface area (Å²) in [6, 6.07) is 7.03. The molecule has 0 amide bonds. The van der Waals surface area contributed by atoms with Gasteiger partial charge >= 0.3 is 0 Å². The van der Waals surface area contributed by atoms with Crippen molar-refractivity contribution in [1.82, 2.24) is 0 Å². The van der Waals surface area contributed by atoms with Gasteiger partial charge in [0.25, 0.3) is 0 Å². The van der Waals surface area contributed by atoms with E-state index >= 15 is 0 Å². The molecule has 106 valence electrons. The first-order valence-corrected chi connectivity index (χ1v) is 7.64. The fourth-order valence-corrected chi connectivity index (χ4v) is 3.13. The molecule has 1 aromatic rings. The molecular weight excluding hydrogens is 234 g/mol. The lowest BCUT2D eigenvalue weighted by Crippen LogP contribution is -2.18. The second-order valence-electron chi connectivity index (χ2n) is 5.81. The number of nitrogens with one attached hydrogen (secondary N) is 1. The van der Waals surface area contributed by atoms with Crippen LogP contribution in [0.5, 0.6) is 5.75 Å². The minimum atomic E-state index is 0.643. The number of hydrogen-bond donors (Lipinski definition) is 1. The molecular formula is C17H27NO. The van der Waals surface area contributed by atoms with Crippen molar-refractivity contribution in [2.24, 2.45) is 5.92 Å². The maximum absolute atomic E-state index is 5.31. The van der Waals surface area contributed by atoms with Crippen molar-refractivity contribution >= 4 is 5.69 Å². The molecule has 1 aromatic carbocycles. The number of ether oxygens (including phenoxy) is 1. The van der Waals surface area contributed by atoms with Crippen LogP contribution in [0.1, 0.15) is 51.0 Å². The fourth-order valence-electron chi connectivity index (χ4n) is 3.13. The van der Waals surface area contributed by atoms with Crippen molar-refractivity contribution < 1.29 is 4.74 Å². The molecule has 0 bridgehead atoms. The van der Waals surface area contributed by atoms with Gasteiger partial charge in [0.15, 0.2) is 0 Å². The van der Waals surface area contributed by atoms with Crippen LogP contribution in [0.2, 0.25) is 0 Å². The topological polar surface area (TPSA) is 21.3 Å². The maximum Gasteiger partial charge on any atom is 0.121 e. The Balaban J connectivity index is 1.95. The van der Waals surface area contributed by atoms with E-state index in [1.165, 1.54) is 49.8 Å². The first kappa shape index (κ1) is 14.2. The normalized spacial score (nSPS) is 23.7. The minimum absolute atomic E-state index is 0.643. The van der Waals surface area contributed by atoms with Crippen molar-refractivity contribution in [3.63, 3.8) is 0 Å². The zero-order chi connectivity index (χ0) is 13.7. The molecule has 2 rings (SSSR count). The van der Waals surface area contributed by atoms with Gasteiger partial charge in [-0.1, -0.05) is 26.2 Å². The van der Waals surface area contributed by atoms with Crippen molar-refractivity contribution in [2.45, 2.75) is 58.4 Å². The van der Waals surface area contributed by atoms with Gasteiger partial charge in [0.1, 0.15) is 5.75 Å². The minimum Gasteiger partial charge on any atom is -0.496 e. The van der Waals surface area contributed by atoms with Crippen LogP contribution in [0.15, 0.2) is 18.2 Å². The van der Waals surface area contributed by atoms with Gasteiger partial charge in [-0.25, -0.2) is 0 Å². The highest BCUT2D eigenvalue weighted by molar-refractivity contribution is 5.51. The highest BCUT2D eigenvalue weighted by Gasteiger charge is 2.17. The van der Waals surface area contributed by atoms with Crippen LogP contribution < -0.4 is 10.1 Å². The summed E-state index contributed by atoms with van der Waals surface area (Å²) in [5, 5.41) is 3.70. The van der Waals surface area contributed by atoms with Gasteiger partial charge in [-0.15, -0.1) is 0 Å². The number of aryl methyl sites for hydroxylation is 1. The van der Waals surface area contributed by atoms with Crippen LogP contribution in [0.4, 0.5) is 5.69 Å². The van der Waals surface area contributed by atoms with E-state index in [9.17, 15) is 0 Å².